The van der Waals surface area contributed by atoms with Crippen LogP contribution < -0.4 is 5.73 Å². The largest absolute Gasteiger partial charge is 0.399 e. The molecule has 0 aliphatic carbocycles. The van der Waals surface area contributed by atoms with Crippen molar-refractivity contribution in [2.45, 2.75) is 25.2 Å². The van der Waals surface area contributed by atoms with E-state index >= 15 is 0 Å². The fourth-order valence-corrected chi connectivity index (χ4v) is 3.66. The van der Waals surface area contributed by atoms with E-state index in [4.69, 9.17) is 10.5 Å². The molecule has 2 N–H and O–H groups in total. The number of ether oxygens (including phenoxy) is 1. The highest BCUT2D eigenvalue weighted by molar-refractivity contribution is 5.41. The first-order valence-electron chi connectivity index (χ1n) is 7.54. The lowest BCUT2D eigenvalue weighted by atomic mass is 9.92. The summed E-state index contributed by atoms with van der Waals surface area (Å²) in [5.74, 6) is 0. The van der Waals surface area contributed by atoms with Gasteiger partial charge in [-0.3, -0.25) is 4.90 Å². The number of benzene rings is 2. The Kier molecular flexibility index (Phi) is 2.98. The van der Waals surface area contributed by atoms with Gasteiger partial charge in [0.25, 0.3) is 0 Å². The quantitative estimate of drug-likeness (QED) is 0.860. The number of anilines is 1. The van der Waals surface area contributed by atoms with Crippen LogP contribution in [-0.4, -0.2) is 18.0 Å². The van der Waals surface area contributed by atoms with Gasteiger partial charge >= 0.3 is 0 Å². The van der Waals surface area contributed by atoms with Gasteiger partial charge in [0.15, 0.2) is 0 Å². The van der Waals surface area contributed by atoms with E-state index in [1.165, 1.54) is 16.7 Å². The van der Waals surface area contributed by atoms with Crippen LogP contribution in [-0.2, 0) is 23.5 Å². The average Bonchev–Trinajstić information content (AvgIpc) is 3.06. The van der Waals surface area contributed by atoms with Gasteiger partial charge in [-0.2, -0.15) is 0 Å². The van der Waals surface area contributed by atoms with Gasteiger partial charge < -0.3 is 10.5 Å². The molecule has 0 radical (unpaired) electrons. The third kappa shape index (κ3) is 2.23. The van der Waals surface area contributed by atoms with Crippen molar-refractivity contribution >= 4 is 5.69 Å². The minimum Gasteiger partial charge on any atom is -0.399 e. The van der Waals surface area contributed by atoms with Crippen LogP contribution in [0, 0.1) is 0 Å². The predicted molar refractivity (Wildman–Crippen MR) is 83.7 cm³/mol. The fourth-order valence-electron chi connectivity index (χ4n) is 3.66. The second-order valence-corrected chi connectivity index (χ2v) is 6.15. The molecular weight excluding hydrogens is 260 g/mol. The molecule has 2 heterocycles. The van der Waals surface area contributed by atoms with E-state index in [1.54, 1.807) is 0 Å². The molecule has 0 bridgehead atoms. The molecular formula is C18H20N2O. The van der Waals surface area contributed by atoms with Crippen molar-refractivity contribution in [3.63, 3.8) is 0 Å². The first kappa shape index (κ1) is 12.9. The fraction of sp³-hybridized carbons (Fsp3) is 0.333. The minimum atomic E-state index is -0.0864. The predicted octanol–water partition coefficient (Wildman–Crippen LogP) is 2.90. The number of rotatable bonds is 2. The van der Waals surface area contributed by atoms with E-state index in [1.807, 2.05) is 12.1 Å². The molecule has 4 rings (SSSR count). The first-order chi connectivity index (χ1) is 10.3. The number of hydrogen-bond acceptors (Lipinski definition) is 3. The second-order valence-electron chi connectivity index (χ2n) is 6.15. The Balaban J connectivity index is 1.53. The number of nitrogen functional groups attached to an aromatic ring is 1. The molecule has 2 aliphatic rings. The molecule has 2 aromatic carbocycles. The number of nitrogens with zero attached hydrogens (tertiary/aromatic N) is 1. The molecule has 2 aliphatic heterocycles. The SMILES string of the molecule is Nc1cccc(CN2CCC3(C2)OCc2ccccc23)c1. The van der Waals surface area contributed by atoms with Crippen LogP contribution in [0.4, 0.5) is 5.69 Å². The lowest BCUT2D eigenvalue weighted by Gasteiger charge is -2.25. The molecule has 1 unspecified atom stereocenters. The molecule has 1 saturated heterocycles. The molecule has 0 saturated carbocycles. The highest BCUT2D eigenvalue weighted by Gasteiger charge is 2.45. The van der Waals surface area contributed by atoms with Crippen LogP contribution in [0.1, 0.15) is 23.1 Å². The third-order valence-electron chi connectivity index (χ3n) is 4.68. The summed E-state index contributed by atoms with van der Waals surface area (Å²) in [6.45, 7) is 3.74. The zero-order chi connectivity index (χ0) is 14.3. The molecule has 1 spiro atoms. The summed E-state index contributed by atoms with van der Waals surface area (Å²) in [5, 5.41) is 0. The Morgan fingerprint density at radius 1 is 1.14 bits per heavy atom. The Labute approximate surface area is 125 Å². The molecule has 3 nitrogen and oxygen atoms in total. The van der Waals surface area contributed by atoms with E-state index in [0.717, 1.165) is 38.3 Å². The molecule has 0 amide bonds. The molecule has 108 valence electrons. The molecule has 1 atom stereocenters. The molecule has 0 aromatic heterocycles. The van der Waals surface area contributed by atoms with E-state index in [2.05, 4.69) is 41.3 Å². The Hall–Kier alpha value is -1.84. The zero-order valence-corrected chi connectivity index (χ0v) is 12.1. The summed E-state index contributed by atoms with van der Waals surface area (Å²) in [6.07, 6.45) is 1.08. The highest BCUT2D eigenvalue weighted by atomic mass is 16.5. The molecule has 21 heavy (non-hydrogen) atoms. The van der Waals surface area contributed by atoms with Crippen molar-refractivity contribution in [1.82, 2.24) is 4.90 Å². The van der Waals surface area contributed by atoms with Crippen molar-refractivity contribution in [3.05, 3.63) is 65.2 Å². The summed E-state index contributed by atoms with van der Waals surface area (Å²) < 4.78 is 6.20. The van der Waals surface area contributed by atoms with Gasteiger partial charge in [-0.05, 0) is 35.2 Å². The molecule has 2 aromatic rings. The van der Waals surface area contributed by atoms with Crippen molar-refractivity contribution in [1.29, 1.82) is 0 Å². The van der Waals surface area contributed by atoms with E-state index < -0.39 is 0 Å². The Bertz CT molecular complexity index is 670. The van der Waals surface area contributed by atoms with Crippen LogP contribution in [0.2, 0.25) is 0 Å². The Morgan fingerprint density at radius 3 is 2.95 bits per heavy atom. The van der Waals surface area contributed by atoms with Gasteiger partial charge in [-0.15, -0.1) is 0 Å². The lowest BCUT2D eigenvalue weighted by molar-refractivity contribution is -0.0299. The van der Waals surface area contributed by atoms with Crippen LogP contribution in [0.5, 0.6) is 0 Å². The maximum Gasteiger partial charge on any atom is 0.108 e. The Morgan fingerprint density at radius 2 is 2.05 bits per heavy atom. The number of hydrogen-bond donors (Lipinski definition) is 1. The highest BCUT2D eigenvalue weighted by Crippen LogP contribution is 2.43. The van der Waals surface area contributed by atoms with Crippen LogP contribution >= 0.6 is 0 Å². The van der Waals surface area contributed by atoms with Gasteiger partial charge in [0.2, 0.25) is 0 Å². The standard InChI is InChI=1S/C18H20N2O/c19-16-6-3-4-14(10-16)11-20-9-8-18(13-20)17-7-2-1-5-15(17)12-21-18/h1-7,10H,8-9,11-13,19H2. The summed E-state index contributed by atoms with van der Waals surface area (Å²) in [4.78, 5) is 2.47. The zero-order valence-electron chi connectivity index (χ0n) is 12.1. The first-order valence-corrected chi connectivity index (χ1v) is 7.54. The molecule has 1 fully saturated rings. The maximum atomic E-state index is 6.20. The number of fused-ring (bicyclic) bond motifs is 2. The lowest BCUT2D eigenvalue weighted by Crippen LogP contribution is -2.30. The normalized spacial score (nSPS) is 24.6. The van der Waals surface area contributed by atoms with Gasteiger partial charge in [0, 0.05) is 25.3 Å². The maximum absolute atomic E-state index is 6.20. The average molecular weight is 280 g/mol. The van der Waals surface area contributed by atoms with Gasteiger partial charge in [-0.25, -0.2) is 0 Å². The van der Waals surface area contributed by atoms with Gasteiger partial charge in [0.05, 0.1) is 6.61 Å². The summed E-state index contributed by atoms with van der Waals surface area (Å²) in [7, 11) is 0. The van der Waals surface area contributed by atoms with Crippen molar-refractivity contribution in [3.8, 4) is 0 Å². The van der Waals surface area contributed by atoms with Crippen molar-refractivity contribution < 1.29 is 4.74 Å². The van der Waals surface area contributed by atoms with E-state index in [-0.39, 0.29) is 5.60 Å². The second kappa shape index (κ2) is 4.86. The van der Waals surface area contributed by atoms with E-state index in [9.17, 15) is 0 Å². The van der Waals surface area contributed by atoms with Gasteiger partial charge in [0.1, 0.15) is 5.60 Å². The van der Waals surface area contributed by atoms with E-state index in [0.29, 0.717) is 0 Å². The van der Waals surface area contributed by atoms with Crippen LogP contribution in [0.15, 0.2) is 48.5 Å². The van der Waals surface area contributed by atoms with Crippen LogP contribution in [0.3, 0.4) is 0 Å². The summed E-state index contributed by atoms with van der Waals surface area (Å²) >= 11 is 0. The van der Waals surface area contributed by atoms with Crippen molar-refractivity contribution in [2.75, 3.05) is 18.8 Å². The van der Waals surface area contributed by atoms with Gasteiger partial charge in [-0.1, -0.05) is 36.4 Å². The smallest absolute Gasteiger partial charge is 0.108 e. The summed E-state index contributed by atoms with van der Waals surface area (Å²) in [6, 6.07) is 16.8. The monoisotopic (exact) mass is 280 g/mol. The summed E-state index contributed by atoms with van der Waals surface area (Å²) in [5.41, 5.74) is 10.6. The minimum absolute atomic E-state index is 0.0864. The number of likely N-dealkylation sites (tertiary alicyclic amines) is 1. The molecule has 3 heteroatoms. The third-order valence-corrected chi connectivity index (χ3v) is 4.68. The van der Waals surface area contributed by atoms with Crippen LogP contribution in [0.25, 0.3) is 0 Å². The van der Waals surface area contributed by atoms with Crippen molar-refractivity contribution in [2.24, 2.45) is 0 Å². The number of nitrogens with two attached hydrogens (primary N) is 1. The topological polar surface area (TPSA) is 38.5 Å².